The fourth-order valence-corrected chi connectivity index (χ4v) is 3.47. The number of nitrogens with zero attached hydrogens (tertiary/aromatic N) is 1. The predicted molar refractivity (Wildman–Crippen MR) is 122 cm³/mol. The number of benzene rings is 1. The number of rotatable bonds is 11. The molecule has 0 saturated heterocycles. The van der Waals surface area contributed by atoms with Gasteiger partial charge in [-0.1, -0.05) is 52.8 Å². The maximum Gasteiger partial charge on any atom is 0.243 e. The number of carbonyl (C=O) groups is 3. The van der Waals surface area contributed by atoms with Crippen LogP contribution in [0.3, 0.4) is 0 Å². The number of carbonyl (C=O) groups excluding carboxylic acids is 3. The highest BCUT2D eigenvalue weighted by Crippen LogP contribution is 2.22. The summed E-state index contributed by atoms with van der Waals surface area (Å²) < 4.78 is 14.1. The molecule has 1 rings (SSSR count). The van der Waals surface area contributed by atoms with Gasteiger partial charge in [0.05, 0.1) is 0 Å². The van der Waals surface area contributed by atoms with Gasteiger partial charge in [0.1, 0.15) is 23.8 Å². The molecular weight excluding hydrogens is 431 g/mol. The van der Waals surface area contributed by atoms with Gasteiger partial charge in [0.15, 0.2) is 0 Å². The summed E-state index contributed by atoms with van der Waals surface area (Å²) >= 11 is 0. The molecule has 0 aromatic heterocycles. The molecule has 33 heavy (non-hydrogen) atoms. The van der Waals surface area contributed by atoms with Crippen LogP contribution in [0, 0.1) is 33.2 Å². The summed E-state index contributed by atoms with van der Waals surface area (Å²) in [5.74, 6) is -3.10. The Morgan fingerprint density at radius 3 is 2.15 bits per heavy atom. The number of nitro groups is 1. The van der Waals surface area contributed by atoms with Crippen LogP contribution < -0.4 is 16.0 Å². The van der Waals surface area contributed by atoms with Gasteiger partial charge in [-0.05, 0) is 29.4 Å². The van der Waals surface area contributed by atoms with E-state index in [1.165, 1.54) is 25.2 Å². The smallest absolute Gasteiger partial charge is 0.243 e. The highest BCUT2D eigenvalue weighted by atomic mass is 19.1. The topological polar surface area (TPSA) is 130 Å². The van der Waals surface area contributed by atoms with Crippen LogP contribution in [0.15, 0.2) is 24.3 Å². The SMILES string of the molecule is CNC(=O)[C@@H](Cc1ccccc1F)NC(=O)[C@@H](NC(=O)[C@H](CC(C)C)C[N+](=O)[O-])C(C)(C)C. The third-order valence-electron chi connectivity index (χ3n) is 5.17. The van der Waals surface area contributed by atoms with E-state index >= 15 is 0 Å². The lowest BCUT2D eigenvalue weighted by Gasteiger charge is -2.32. The van der Waals surface area contributed by atoms with Crippen molar-refractivity contribution in [1.82, 2.24) is 16.0 Å². The van der Waals surface area contributed by atoms with Crippen molar-refractivity contribution in [2.24, 2.45) is 17.3 Å². The van der Waals surface area contributed by atoms with E-state index in [0.29, 0.717) is 6.42 Å². The van der Waals surface area contributed by atoms with Crippen LogP contribution in [-0.2, 0) is 20.8 Å². The molecule has 0 aliphatic carbocycles. The molecule has 9 nitrogen and oxygen atoms in total. The van der Waals surface area contributed by atoms with E-state index in [2.05, 4.69) is 16.0 Å². The van der Waals surface area contributed by atoms with E-state index in [0.717, 1.165) is 0 Å². The molecular formula is C23H35FN4O5. The number of hydrogen-bond acceptors (Lipinski definition) is 5. The summed E-state index contributed by atoms with van der Waals surface area (Å²) in [6, 6.07) is 3.79. The number of halogens is 1. The Bertz CT molecular complexity index is 853. The highest BCUT2D eigenvalue weighted by molar-refractivity contribution is 5.93. The summed E-state index contributed by atoms with van der Waals surface area (Å²) in [5, 5.41) is 18.7. The van der Waals surface area contributed by atoms with Crippen molar-refractivity contribution in [3.8, 4) is 0 Å². The molecule has 0 saturated carbocycles. The summed E-state index contributed by atoms with van der Waals surface area (Å²) in [7, 11) is 1.40. The van der Waals surface area contributed by atoms with Crippen LogP contribution in [0.5, 0.6) is 0 Å². The minimum atomic E-state index is -1.08. The van der Waals surface area contributed by atoms with Crippen molar-refractivity contribution in [2.45, 2.75) is 59.5 Å². The Morgan fingerprint density at radius 2 is 1.67 bits per heavy atom. The van der Waals surface area contributed by atoms with Gasteiger partial charge in [0.25, 0.3) is 0 Å². The Labute approximate surface area is 194 Å². The van der Waals surface area contributed by atoms with Crippen LogP contribution in [-0.4, -0.2) is 48.3 Å². The molecule has 1 aromatic rings. The molecule has 0 unspecified atom stereocenters. The first-order valence-electron chi connectivity index (χ1n) is 10.9. The molecule has 0 bridgehead atoms. The third-order valence-corrected chi connectivity index (χ3v) is 5.17. The molecule has 0 fully saturated rings. The van der Waals surface area contributed by atoms with Gasteiger partial charge in [-0.2, -0.15) is 0 Å². The fourth-order valence-electron chi connectivity index (χ4n) is 3.47. The van der Waals surface area contributed by atoms with E-state index in [9.17, 15) is 28.9 Å². The van der Waals surface area contributed by atoms with Crippen molar-refractivity contribution in [1.29, 1.82) is 0 Å². The first-order chi connectivity index (χ1) is 15.3. The van der Waals surface area contributed by atoms with Gasteiger partial charge in [-0.15, -0.1) is 0 Å². The van der Waals surface area contributed by atoms with Crippen LogP contribution in [0.1, 0.15) is 46.6 Å². The van der Waals surface area contributed by atoms with Crippen LogP contribution >= 0.6 is 0 Å². The van der Waals surface area contributed by atoms with Gasteiger partial charge >= 0.3 is 0 Å². The summed E-state index contributed by atoms with van der Waals surface area (Å²) in [5.41, 5.74) is -0.507. The lowest BCUT2D eigenvalue weighted by molar-refractivity contribution is -0.486. The van der Waals surface area contributed by atoms with Crippen molar-refractivity contribution in [3.05, 3.63) is 45.8 Å². The summed E-state index contributed by atoms with van der Waals surface area (Å²) in [6.07, 6.45) is 0.208. The standard InChI is InChI=1S/C23H35FN4O5/c1-14(2)11-16(13-28(32)33)20(29)27-19(23(3,4)5)22(31)26-18(21(30)25-6)12-15-9-7-8-10-17(15)24/h7-10,14,16,18-19H,11-13H2,1-6H3,(H,25,30)(H,26,31)(H,27,29)/t16-,18-,19-/m1/s1. The maximum atomic E-state index is 14.1. The number of likely N-dealkylation sites (N-methyl/N-ethyl adjacent to an activating group) is 1. The second-order valence-electron chi connectivity index (χ2n) is 9.62. The second kappa shape index (κ2) is 12.3. The molecule has 184 valence electrons. The molecule has 3 atom stereocenters. The summed E-state index contributed by atoms with van der Waals surface area (Å²) in [4.78, 5) is 48.9. The van der Waals surface area contributed by atoms with Crippen LogP contribution in [0.25, 0.3) is 0 Å². The van der Waals surface area contributed by atoms with Gasteiger partial charge < -0.3 is 16.0 Å². The Balaban J connectivity index is 3.10. The number of amides is 3. The zero-order valence-electron chi connectivity index (χ0n) is 20.1. The lowest BCUT2D eigenvalue weighted by Crippen LogP contribution is -2.59. The van der Waals surface area contributed by atoms with Crippen LogP contribution in [0.4, 0.5) is 4.39 Å². The van der Waals surface area contributed by atoms with Crippen molar-refractivity contribution in [3.63, 3.8) is 0 Å². The van der Waals surface area contributed by atoms with Crippen molar-refractivity contribution >= 4 is 17.7 Å². The molecule has 3 N–H and O–H groups in total. The number of hydrogen-bond donors (Lipinski definition) is 3. The van der Waals surface area contributed by atoms with E-state index in [1.807, 2.05) is 13.8 Å². The Hall–Kier alpha value is -3.04. The summed E-state index contributed by atoms with van der Waals surface area (Å²) in [6.45, 7) is 8.35. The molecule has 3 amide bonds. The van der Waals surface area contributed by atoms with Gasteiger partial charge in [-0.25, -0.2) is 4.39 Å². The minimum absolute atomic E-state index is 0.0426. The maximum absolute atomic E-state index is 14.1. The molecule has 0 radical (unpaired) electrons. The Kier molecular flexibility index (Phi) is 10.4. The van der Waals surface area contributed by atoms with E-state index < -0.39 is 58.4 Å². The van der Waals surface area contributed by atoms with Gasteiger partial charge in [0.2, 0.25) is 24.3 Å². The molecule has 0 aliphatic rings. The second-order valence-corrected chi connectivity index (χ2v) is 9.62. The zero-order chi connectivity index (χ0) is 25.3. The molecule has 1 aromatic carbocycles. The zero-order valence-corrected chi connectivity index (χ0v) is 20.1. The third kappa shape index (κ3) is 9.15. The molecule has 0 aliphatic heterocycles. The molecule has 0 spiro atoms. The van der Waals surface area contributed by atoms with Gasteiger partial charge in [0, 0.05) is 18.4 Å². The largest absolute Gasteiger partial charge is 0.357 e. The van der Waals surface area contributed by atoms with E-state index in [-0.39, 0.29) is 17.9 Å². The quantitative estimate of drug-likeness (QED) is 0.339. The normalized spacial score (nSPS) is 14.2. The number of nitrogens with one attached hydrogen (secondary N) is 3. The van der Waals surface area contributed by atoms with E-state index in [1.54, 1.807) is 26.8 Å². The van der Waals surface area contributed by atoms with Crippen LogP contribution in [0.2, 0.25) is 0 Å². The fraction of sp³-hybridized carbons (Fsp3) is 0.609. The van der Waals surface area contributed by atoms with Crippen molar-refractivity contribution in [2.75, 3.05) is 13.6 Å². The Morgan fingerprint density at radius 1 is 1.06 bits per heavy atom. The first kappa shape index (κ1) is 28.0. The molecule has 0 heterocycles. The lowest BCUT2D eigenvalue weighted by atomic mass is 9.85. The first-order valence-corrected chi connectivity index (χ1v) is 10.9. The highest BCUT2D eigenvalue weighted by Gasteiger charge is 2.37. The minimum Gasteiger partial charge on any atom is -0.357 e. The van der Waals surface area contributed by atoms with Crippen molar-refractivity contribution < 1.29 is 23.7 Å². The van der Waals surface area contributed by atoms with E-state index in [4.69, 9.17) is 0 Å². The monoisotopic (exact) mass is 466 g/mol. The predicted octanol–water partition coefficient (Wildman–Crippen LogP) is 2.07. The molecule has 10 heteroatoms. The average molecular weight is 467 g/mol. The average Bonchev–Trinajstić information content (AvgIpc) is 2.70. The van der Waals surface area contributed by atoms with Gasteiger partial charge in [-0.3, -0.25) is 24.5 Å².